The van der Waals surface area contributed by atoms with E-state index in [-0.39, 0.29) is 12.2 Å². The number of rotatable bonds is 10. The molecule has 2 amide bonds. The van der Waals surface area contributed by atoms with Gasteiger partial charge in [0.05, 0.1) is 48.9 Å². The maximum atomic E-state index is 12.0. The quantitative estimate of drug-likeness (QED) is 0.335. The van der Waals surface area contributed by atoms with Gasteiger partial charge in [0.2, 0.25) is 0 Å². The molecule has 11 heteroatoms. The second-order valence-electron chi connectivity index (χ2n) is 7.47. The Kier molecular flexibility index (Phi) is 10.3. The van der Waals surface area contributed by atoms with Gasteiger partial charge < -0.3 is 18.9 Å². The number of carbonyl (C=O) groups is 1. The summed E-state index contributed by atoms with van der Waals surface area (Å²) < 4.78 is 22.0. The Morgan fingerprint density at radius 3 is 1.50 bits per heavy atom. The van der Waals surface area contributed by atoms with Gasteiger partial charge in [-0.25, -0.2) is 15.6 Å². The highest BCUT2D eigenvalue weighted by Crippen LogP contribution is 2.37. The number of nitrogens with one attached hydrogen (secondary N) is 2. The second kappa shape index (κ2) is 12.9. The number of hydrogen-bond donors (Lipinski definition) is 2. The van der Waals surface area contributed by atoms with E-state index >= 15 is 0 Å². The van der Waals surface area contributed by atoms with Gasteiger partial charge >= 0.3 is 6.03 Å². The number of methoxy groups -OCH3 is 2. The lowest BCUT2D eigenvalue weighted by atomic mass is 10.2. The number of benzene rings is 2. The number of carbonyl (C=O) groups excluding carboxylic acids is 1. The highest BCUT2D eigenvalue weighted by Gasteiger charge is 2.13. The van der Waals surface area contributed by atoms with E-state index in [2.05, 4.69) is 21.1 Å². The molecule has 0 unspecified atom stereocenters. The SMILES string of the molecule is COc1c(Cl)cc(/C=N\NC(=O)N/N=C\c2cc(Cl)c(OC)c(OC(C)C)c2)cc1OC(C)C. The Morgan fingerprint density at radius 2 is 1.18 bits per heavy atom. The van der Waals surface area contributed by atoms with E-state index in [1.165, 1.54) is 26.6 Å². The number of hydrogen-bond acceptors (Lipinski definition) is 7. The number of nitrogens with zero attached hydrogens (tertiary/aromatic N) is 2. The zero-order valence-electron chi connectivity index (χ0n) is 19.8. The van der Waals surface area contributed by atoms with E-state index in [0.29, 0.717) is 44.2 Å². The summed E-state index contributed by atoms with van der Waals surface area (Å²) in [5.74, 6) is 1.79. The zero-order valence-corrected chi connectivity index (χ0v) is 21.3. The average molecular weight is 511 g/mol. The Labute approximate surface area is 209 Å². The Hall–Kier alpha value is -3.17. The molecule has 0 aliphatic heterocycles. The molecular weight excluding hydrogens is 483 g/mol. The largest absolute Gasteiger partial charge is 0.491 e. The van der Waals surface area contributed by atoms with Crippen LogP contribution >= 0.6 is 23.2 Å². The van der Waals surface area contributed by atoms with Crippen LogP contribution in [0.4, 0.5) is 4.79 Å². The third-order valence-electron chi connectivity index (χ3n) is 3.96. The molecule has 0 aromatic heterocycles. The molecular formula is C23H28Cl2N4O5. The van der Waals surface area contributed by atoms with Crippen molar-refractivity contribution in [3.8, 4) is 23.0 Å². The van der Waals surface area contributed by atoms with Crippen molar-refractivity contribution in [3.63, 3.8) is 0 Å². The van der Waals surface area contributed by atoms with Crippen molar-refractivity contribution in [2.75, 3.05) is 14.2 Å². The summed E-state index contributed by atoms with van der Waals surface area (Å²) in [6.45, 7) is 7.55. The van der Waals surface area contributed by atoms with Gasteiger partial charge in [0, 0.05) is 0 Å². The van der Waals surface area contributed by atoms with Crippen LogP contribution in [0.25, 0.3) is 0 Å². The fraction of sp³-hybridized carbons (Fsp3) is 0.348. The third kappa shape index (κ3) is 8.00. The van der Waals surface area contributed by atoms with E-state index in [4.69, 9.17) is 42.1 Å². The molecule has 0 atom stereocenters. The number of urea groups is 1. The van der Waals surface area contributed by atoms with Gasteiger partial charge in [0.25, 0.3) is 0 Å². The molecule has 2 N–H and O–H groups in total. The van der Waals surface area contributed by atoms with Crippen molar-refractivity contribution < 1.29 is 23.7 Å². The molecule has 0 radical (unpaired) electrons. The van der Waals surface area contributed by atoms with Crippen molar-refractivity contribution in [1.82, 2.24) is 10.9 Å². The molecule has 0 saturated carbocycles. The Morgan fingerprint density at radius 1 is 0.794 bits per heavy atom. The fourth-order valence-electron chi connectivity index (χ4n) is 2.76. The molecule has 2 aromatic carbocycles. The monoisotopic (exact) mass is 510 g/mol. The van der Waals surface area contributed by atoms with Crippen molar-refractivity contribution in [1.29, 1.82) is 0 Å². The molecule has 0 aliphatic carbocycles. The van der Waals surface area contributed by atoms with Crippen LogP contribution in [0.5, 0.6) is 23.0 Å². The van der Waals surface area contributed by atoms with Crippen molar-refractivity contribution >= 4 is 41.7 Å². The maximum Gasteiger partial charge on any atom is 0.355 e. The smallest absolute Gasteiger partial charge is 0.355 e. The first kappa shape index (κ1) is 27.1. The predicted octanol–water partition coefficient (Wildman–Crippen LogP) is 5.25. The molecule has 9 nitrogen and oxygen atoms in total. The van der Waals surface area contributed by atoms with Crippen molar-refractivity contribution in [2.24, 2.45) is 10.2 Å². The summed E-state index contributed by atoms with van der Waals surface area (Å²) in [5, 5.41) is 8.50. The van der Waals surface area contributed by atoms with Crippen LogP contribution in [0, 0.1) is 0 Å². The van der Waals surface area contributed by atoms with Gasteiger partial charge in [-0.05, 0) is 63.1 Å². The van der Waals surface area contributed by atoms with Crippen molar-refractivity contribution in [2.45, 2.75) is 39.9 Å². The molecule has 34 heavy (non-hydrogen) atoms. The highest BCUT2D eigenvalue weighted by molar-refractivity contribution is 6.33. The van der Waals surface area contributed by atoms with E-state index in [1.807, 2.05) is 27.7 Å². The first-order chi connectivity index (χ1) is 16.1. The summed E-state index contributed by atoms with van der Waals surface area (Å²) in [7, 11) is 3.01. The van der Waals surface area contributed by atoms with Crippen LogP contribution in [-0.2, 0) is 0 Å². The van der Waals surface area contributed by atoms with Crippen LogP contribution in [0.15, 0.2) is 34.5 Å². The molecule has 0 saturated heterocycles. The van der Waals surface area contributed by atoms with E-state index in [1.54, 1.807) is 24.3 Å². The molecule has 0 heterocycles. The van der Waals surface area contributed by atoms with Gasteiger partial charge in [-0.2, -0.15) is 10.2 Å². The van der Waals surface area contributed by atoms with Crippen LogP contribution in [0.1, 0.15) is 38.8 Å². The lowest BCUT2D eigenvalue weighted by Crippen LogP contribution is -2.28. The molecule has 2 rings (SSSR count). The van der Waals surface area contributed by atoms with Gasteiger partial charge in [0.15, 0.2) is 23.0 Å². The summed E-state index contributed by atoms with van der Waals surface area (Å²) in [4.78, 5) is 12.0. The normalized spacial score (nSPS) is 11.4. The first-order valence-corrected chi connectivity index (χ1v) is 11.1. The predicted molar refractivity (Wildman–Crippen MR) is 134 cm³/mol. The minimum absolute atomic E-state index is 0.0764. The summed E-state index contributed by atoms with van der Waals surface area (Å²) in [5.41, 5.74) is 5.84. The van der Waals surface area contributed by atoms with Crippen LogP contribution in [0.3, 0.4) is 0 Å². The number of hydrazone groups is 2. The third-order valence-corrected chi connectivity index (χ3v) is 4.52. The van der Waals surface area contributed by atoms with Gasteiger partial charge in [-0.3, -0.25) is 0 Å². The second-order valence-corrected chi connectivity index (χ2v) is 8.28. The van der Waals surface area contributed by atoms with Gasteiger partial charge in [-0.15, -0.1) is 0 Å². The van der Waals surface area contributed by atoms with E-state index < -0.39 is 6.03 Å². The van der Waals surface area contributed by atoms with Crippen LogP contribution in [0.2, 0.25) is 10.0 Å². The molecule has 0 aliphatic rings. The Balaban J connectivity index is 2.02. The summed E-state index contributed by atoms with van der Waals surface area (Å²) >= 11 is 12.5. The van der Waals surface area contributed by atoms with Crippen LogP contribution < -0.4 is 29.8 Å². The minimum Gasteiger partial charge on any atom is -0.491 e. The average Bonchev–Trinajstić information content (AvgIpc) is 2.73. The Bertz CT molecular complexity index is 977. The number of halogens is 2. The lowest BCUT2D eigenvalue weighted by Gasteiger charge is -2.15. The fourth-order valence-corrected chi connectivity index (χ4v) is 3.35. The summed E-state index contributed by atoms with van der Waals surface area (Å²) in [6, 6.07) is 6.04. The van der Waals surface area contributed by atoms with Crippen LogP contribution in [-0.4, -0.2) is 44.9 Å². The topological polar surface area (TPSA) is 103 Å². The zero-order chi connectivity index (χ0) is 25.3. The molecule has 184 valence electrons. The number of amides is 2. The van der Waals surface area contributed by atoms with Crippen molar-refractivity contribution in [3.05, 3.63) is 45.4 Å². The lowest BCUT2D eigenvalue weighted by molar-refractivity contribution is 0.230. The highest BCUT2D eigenvalue weighted by atomic mass is 35.5. The molecule has 0 bridgehead atoms. The van der Waals surface area contributed by atoms with E-state index in [9.17, 15) is 4.79 Å². The standard InChI is InChI=1S/C23H28Cl2N4O5/c1-13(2)33-19-9-15(7-17(24)21(19)31-5)11-26-28-23(30)29-27-12-16-8-18(25)22(32-6)20(10-16)34-14(3)4/h7-14H,1-6H3,(H2,28,29,30)/b26-11-,27-12-. The first-order valence-electron chi connectivity index (χ1n) is 10.3. The molecule has 2 aromatic rings. The molecule has 0 fully saturated rings. The minimum atomic E-state index is -0.649. The maximum absolute atomic E-state index is 12.0. The number of ether oxygens (including phenoxy) is 4. The summed E-state index contributed by atoms with van der Waals surface area (Å²) in [6.07, 6.45) is 2.68. The van der Waals surface area contributed by atoms with Gasteiger partial charge in [-0.1, -0.05) is 23.2 Å². The van der Waals surface area contributed by atoms with E-state index in [0.717, 1.165) is 0 Å². The van der Waals surface area contributed by atoms with Gasteiger partial charge in [0.1, 0.15) is 0 Å². The molecule has 0 spiro atoms.